The summed E-state index contributed by atoms with van der Waals surface area (Å²) in [5, 5.41) is 2.95. The number of aromatic nitrogens is 2. The lowest BCUT2D eigenvalue weighted by Crippen LogP contribution is -2.41. The number of anilines is 1. The van der Waals surface area contributed by atoms with Crippen molar-refractivity contribution in [2.45, 2.75) is 26.7 Å². The second-order valence-corrected chi connectivity index (χ2v) is 8.22. The molecule has 2 aromatic carbocycles. The summed E-state index contributed by atoms with van der Waals surface area (Å²) < 4.78 is 10.7. The molecule has 2 aliphatic rings. The number of piperidine rings is 1. The Morgan fingerprint density at radius 3 is 2.44 bits per heavy atom. The number of likely N-dealkylation sites (tertiary alicyclic amines) is 1. The predicted molar refractivity (Wildman–Crippen MR) is 119 cm³/mol. The fourth-order valence-electron chi connectivity index (χ4n) is 4.11. The number of rotatable bonds is 3. The van der Waals surface area contributed by atoms with Crippen molar-refractivity contribution in [2.75, 3.05) is 25.2 Å². The summed E-state index contributed by atoms with van der Waals surface area (Å²) in [6, 6.07) is 10.8. The molecule has 1 saturated heterocycles. The number of hydrogen-bond donors (Lipinski definition) is 1. The topological polar surface area (TPSA) is 93.7 Å². The number of carbonyl (C=O) groups excluding carboxylic acids is 2. The van der Waals surface area contributed by atoms with Crippen LogP contribution in [0.15, 0.2) is 36.4 Å². The van der Waals surface area contributed by atoms with Crippen molar-refractivity contribution < 1.29 is 19.1 Å². The van der Waals surface area contributed by atoms with E-state index < -0.39 is 0 Å². The first-order valence-electron chi connectivity index (χ1n) is 10.7. The molecule has 0 unspecified atom stereocenters. The SMILES string of the molecule is Cc1nc2ccc(C(=O)N3CCC(C(=O)Nc4ccc5c(c4)OCO5)CC3)cc2nc1C. The van der Waals surface area contributed by atoms with Gasteiger partial charge in [-0.25, -0.2) is 9.97 Å². The Bertz CT molecular complexity index is 1220. The zero-order valence-electron chi connectivity index (χ0n) is 18.1. The fraction of sp³-hybridized carbons (Fsp3) is 0.333. The molecule has 2 amide bonds. The van der Waals surface area contributed by atoms with Crippen LogP contribution in [0.3, 0.4) is 0 Å². The van der Waals surface area contributed by atoms with E-state index in [-0.39, 0.29) is 24.5 Å². The highest BCUT2D eigenvalue weighted by Crippen LogP contribution is 2.34. The number of amides is 2. The number of nitrogens with zero attached hydrogens (tertiary/aromatic N) is 3. The van der Waals surface area contributed by atoms with Gasteiger partial charge in [0, 0.05) is 36.3 Å². The van der Waals surface area contributed by atoms with Crippen LogP contribution in [0, 0.1) is 19.8 Å². The van der Waals surface area contributed by atoms with Gasteiger partial charge >= 0.3 is 0 Å². The summed E-state index contributed by atoms with van der Waals surface area (Å²) in [4.78, 5) is 36.6. The van der Waals surface area contributed by atoms with E-state index in [0.29, 0.717) is 48.7 Å². The lowest BCUT2D eigenvalue weighted by molar-refractivity contribution is -0.121. The Balaban J connectivity index is 1.21. The zero-order chi connectivity index (χ0) is 22.2. The lowest BCUT2D eigenvalue weighted by Gasteiger charge is -2.31. The van der Waals surface area contributed by atoms with Crippen LogP contribution >= 0.6 is 0 Å². The third-order valence-corrected chi connectivity index (χ3v) is 6.12. The zero-order valence-corrected chi connectivity index (χ0v) is 18.1. The average Bonchev–Trinajstić information content (AvgIpc) is 3.27. The molecule has 8 nitrogen and oxygen atoms in total. The summed E-state index contributed by atoms with van der Waals surface area (Å²) in [6.07, 6.45) is 1.24. The van der Waals surface area contributed by atoms with Crippen LogP contribution in [0.25, 0.3) is 11.0 Å². The van der Waals surface area contributed by atoms with Crippen LogP contribution in [-0.2, 0) is 4.79 Å². The third-order valence-electron chi connectivity index (χ3n) is 6.12. The van der Waals surface area contributed by atoms with Crippen LogP contribution in [0.1, 0.15) is 34.6 Å². The van der Waals surface area contributed by atoms with Crippen molar-refractivity contribution >= 4 is 28.5 Å². The monoisotopic (exact) mass is 432 g/mol. The van der Waals surface area contributed by atoms with Crippen molar-refractivity contribution in [3.8, 4) is 11.5 Å². The van der Waals surface area contributed by atoms with Crippen LogP contribution < -0.4 is 14.8 Å². The van der Waals surface area contributed by atoms with Gasteiger partial charge in [0.05, 0.1) is 22.4 Å². The van der Waals surface area contributed by atoms with E-state index in [1.54, 1.807) is 35.2 Å². The Kier molecular flexibility index (Phi) is 5.13. The van der Waals surface area contributed by atoms with E-state index in [4.69, 9.17) is 9.47 Å². The Hall–Kier alpha value is -3.68. The number of nitrogens with one attached hydrogen (secondary N) is 1. The summed E-state index contributed by atoms with van der Waals surface area (Å²) in [5.41, 5.74) is 4.52. The number of fused-ring (bicyclic) bond motifs is 2. The molecule has 0 radical (unpaired) electrons. The molecule has 1 fully saturated rings. The first kappa shape index (κ1) is 20.2. The van der Waals surface area contributed by atoms with Crippen molar-refractivity contribution in [2.24, 2.45) is 5.92 Å². The van der Waals surface area contributed by atoms with E-state index in [0.717, 1.165) is 22.4 Å². The van der Waals surface area contributed by atoms with Crippen LogP contribution in [0.5, 0.6) is 11.5 Å². The first-order valence-corrected chi connectivity index (χ1v) is 10.7. The molecule has 0 atom stereocenters. The summed E-state index contributed by atoms with van der Waals surface area (Å²) >= 11 is 0. The molecule has 0 bridgehead atoms. The Morgan fingerprint density at radius 2 is 1.66 bits per heavy atom. The second-order valence-electron chi connectivity index (χ2n) is 8.22. The highest BCUT2D eigenvalue weighted by atomic mass is 16.7. The van der Waals surface area contributed by atoms with Gasteiger partial charge in [-0.2, -0.15) is 0 Å². The third kappa shape index (κ3) is 3.84. The minimum absolute atomic E-state index is 0.0391. The van der Waals surface area contributed by atoms with Gasteiger partial charge < -0.3 is 19.7 Å². The standard InChI is InChI=1S/C24H24N4O4/c1-14-15(2)26-20-11-17(3-5-19(20)25-14)24(30)28-9-7-16(8-10-28)23(29)27-18-4-6-21-22(12-18)32-13-31-21/h3-6,11-12,16H,7-10,13H2,1-2H3,(H,27,29). The van der Waals surface area contributed by atoms with Gasteiger partial charge in [-0.1, -0.05) is 0 Å². The number of carbonyl (C=O) groups is 2. The van der Waals surface area contributed by atoms with E-state index in [9.17, 15) is 9.59 Å². The number of ether oxygens (including phenoxy) is 2. The average molecular weight is 432 g/mol. The van der Waals surface area contributed by atoms with Gasteiger partial charge in [-0.3, -0.25) is 9.59 Å². The smallest absolute Gasteiger partial charge is 0.253 e. The molecule has 5 rings (SSSR count). The largest absolute Gasteiger partial charge is 0.454 e. The Morgan fingerprint density at radius 1 is 0.938 bits per heavy atom. The van der Waals surface area contributed by atoms with Crippen LogP contribution in [0.2, 0.25) is 0 Å². The van der Waals surface area contributed by atoms with E-state index in [1.807, 2.05) is 19.9 Å². The minimum atomic E-state index is -0.141. The molecule has 32 heavy (non-hydrogen) atoms. The molecule has 1 aromatic heterocycles. The summed E-state index contributed by atoms with van der Waals surface area (Å²) in [6.45, 7) is 5.11. The van der Waals surface area contributed by atoms with E-state index >= 15 is 0 Å². The molecule has 8 heteroatoms. The van der Waals surface area contributed by atoms with Gasteiger partial charge in [0.15, 0.2) is 11.5 Å². The molecule has 2 aliphatic heterocycles. The van der Waals surface area contributed by atoms with Gasteiger partial charge in [0.2, 0.25) is 12.7 Å². The van der Waals surface area contributed by atoms with Crippen molar-refractivity contribution in [3.05, 3.63) is 53.3 Å². The Labute approximate surface area is 185 Å². The second kappa shape index (κ2) is 8.11. The molecule has 3 aromatic rings. The molecular weight excluding hydrogens is 408 g/mol. The van der Waals surface area contributed by atoms with Crippen molar-refractivity contribution in [3.63, 3.8) is 0 Å². The molecule has 0 spiro atoms. The molecular formula is C24H24N4O4. The maximum absolute atomic E-state index is 13.0. The lowest BCUT2D eigenvalue weighted by atomic mass is 9.95. The van der Waals surface area contributed by atoms with Gasteiger partial charge in [0.1, 0.15) is 0 Å². The molecule has 3 heterocycles. The predicted octanol–water partition coefficient (Wildman–Crippen LogP) is 3.47. The van der Waals surface area contributed by atoms with Crippen molar-refractivity contribution in [1.29, 1.82) is 0 Å². The van der Waals surface area contributed by atoms with Gasteiger partial charge in [-0.05, 0) is 57.0 Å². The number of hydrogen-bond acceptors (Lipinski definition) is 6. The highest BCUT2D eigenvalue weighted by Gasteiger charge is 2.28. The number of aryl methyl sites for hydroxylation is 2. The molecule has 0 aliphatic carbocycles. The summed E-state index contributed by atoms with van der Waals surface area (Å²) in [7, 11) is 0. The quantitative estimate of drug-likeness (QED) is 0.681. The highest BCUT2D eigenvalue weighted by molar-refractivity contribution is 5.98. The molecule has 0 saturated carbocycles. The maximum Gasteiger partial charge on any atom is 0.253 e. The fourth-order valence-corrected chi connectivity index (χ4v) is 4.11. The van der Waals surface area contributed by atoms with E-state index in [1.165, 1.54) is 0 Å². The van der Waals surface area contributed by atoms with Crippen LogP contribution in [-0.4, -0.2) is 46.6 Å². The summed E-state index contributed by atoms with van der Waals surface area (Å²) in [5.74, 6) is 1.09. The van der Waals surface area contributed by atoms with Crippen LogP contribution in [0.4, 0.5) is 5.69 Å². The molecule has 1 N–H and O–H groups in total. The first-order chi connectivity index (χ1) is 15.5. The van der Waals surface area contributed by atoms with Crippen molar-refractivity contribution in [1.82, 2.24) is 14.9 Å². The van der Waals surface area contributed by atoms with Gasteiger partial charge in [0.25, 0.3) is 5.91 Å². The van der Waals surface area contributed by atoms with Gasteiger partial charge in [-0.15, -0.1) is 0 Å². The maximum atomic E-state index is 13.0. The number of benzene rings is 2. The minimum Gasteiger partial charge on any atom is -0.454 e. The van der Waals surface area contributed by atoms with E-state index in [2.05, 4.69) is 15.3 Å². The molecule has 164 valence electrons. The normalized spacial score (nSPS) is 15.8.